The molecule has 0 bridgehead atoms. The first-order valence-corrected chi connectivity index (χ1v) is 9.28. The van der Waals surface area contributed by atoms with E-state index in [0.29, 0.717) is 40.6 Å². The SMILES string of the molecule is CCOC(=O)c1cc2c(Cl)ccc(OCC(O)C3CCCCO3)c2n1C. The quantitative estimate of drug-likeness (QED) is 0.777. The summed E-state index contributed by atoms with van der Waals surface area (Å²) < 4.78 is 18.3. The van der Waals surface area contributed by atoms with Crippen LogP contribution in [-0.2, 0) is 16.5 Å². The number of benzene rings is 1. The van der Waals surface area contributed by atoms with E-state index in [2.05, 4.69) is 0 Å². The van der Waals surface area contributed by atoms with Gasteiger partial charge < -0.3 is 23.9 Å². The van der Waals surface area contributed by atoms with E-state index >= 15 is 0 Å². The van der Waals surface area contributed by atoms with Gasteiger partial charge in [0.2, 0.25) is 0 Å². The van der Waals surface area contributed by atoms with Gasteiger partial charge in [-0.25, -0.2) is 4.79 Å². The standard InChI is InChI=1S/C19H24ClNO5/c1-3-24-19(23)14-10-12-13(20)7-8-17(18(12)21(14)2)26-11-15(22)16-6-4-5-9-25-16/h7-8,10,15-16,22H,3-6,9,11H2,1-2H3. The van der Waals surface area contributed by atoms with Gasteiger partial charge in [-0.3, -0.25) is 0 Å². The lowest BCUT2D eigenvalue weighted by Gasteiger charge is -2.27. The second kappa shape index (κ2) is 8.29. The first-order chi connectivity index (χ1) is 12.5. The smallest absolute Gasteiger partial charge is 0.354 e. The van der Waals surface area contributed by atoms with Gasteiger partial charge in [0.25, 0.3) is 0 Å². The molecule has 6 nitrogen and oxygen atoms in total. The van der Waals surface area contributed by atoms with Crippen molar-refractivity contribution in [3.8, 4) is 5.75 Å². The maximum absolute atomic E-state index is 12.1. The number of aromatic nitrogens is 1. The van der Waals surface area contributed by atoms with Gasteiger partial charge in [-0.2, -0.15) is 0 Å². The highest BCUT2D eigenvalue weighted by molar-refractivity contribution is 6.35. The van der Waals surface area contributed by atoms with E-state index in [0.717, 1.165) is 19.3 Å². The van der Waals surface area contributed by atoms with Crippen molar-refractivity contribution in [3.05, 3.63) is 28.9 Å². The molecule has 0 radical (unpaired) electrons. The number of fused-ring (bicyclic) bond motifs is 1. The topological polar surface area (TPSA) is 69.9 Å². The predicted octanol–water partition coefficient (Wildman–Crippen LogP) is 3.32. The number of carbonyl (C=O) groups excluding carboxylic acids is 1. The number of rotatable bonds is 6. The fourth-order valence-electron chi connectivity index (χ4n) is 3.27. The third-order valence-electron chi connectivity index (χ3n) is 4.64. The lowest BCUT2D eigenvalue weighted by atomic mass is 10.0. The van der Waals surface area contributed by atoms with Crippen molar-refractivity contribution in [2.75, 3.05) is 19.8 Å². The van der Waals surface area contributed by atoms with Gasteiger partial charge in [-0.15, -0.1) is 0 Å². The Morgan fingerprint density at radius 1 is 1.46 bits per heavy atom. The molecule has 2 heterocycles. The first kappa shape index (κ1) is 19.0. The summed E-state index contributed by atoms with van der Waals surface area (Å²) >= 11 is 6.29. The van der Waals surface area contributed by atoms with E-state index in [-0.39, 0.29) is 12.7 Å². The second-order valence-corrected chi connectivity index (χ2v) is 6.81. The van der Waals surface area contributed by atoms with Crippen LogP contribution in [0, 0.1) is 0 Å². The maximum Gasteiger partial charge on any atom is 0.354 e. The molecule has 1 aromatic heterocycles. The minimum atomic E-state index is -0.703. The minimum Gasteiger partial charge on any atom is -0.489 e. The molecule has 1 aliphatic heterocycles. The van der Waals surface area contributed by atoms with Crippen LogP contribution >= 0.6 is 11.6 Å². The zero-order valence-corrected chi connectivity index (χ0v) is 15.8. The van der Waals surface area contributed by atoms with Crippen molar-refractivity contribution < 1.29 is 24.1 Å². The summed E-state index contributed by atoms with van der Waals surface area (Å²) in [5.74, 6) is 0.140. The van der Waals surface area contributed by atoms with E-state index < -0.39 is 12.1 Å². The first-order valence-electron chi connectivity index (χ1n) is 8.90. The molecule has 1 saturated heterocycles. The van der Waals surface area contributed by atoms with Crippen molar-refractivity contribution in [2.45, 2.75) is 38.4 Å². The van der Waals surface area contributed by atoms with E-state index in [1.54, 1.807) is 36.7 Å². The van der Waals surface area contributed by atoms with Crippen LogP contribution in [-0.4, -0.2) is 47.7 Å². The summed E-state index contributed by atoms with van der Waals surface area (Å²) in [6, 6.07) is 5.16. The summed E-state index contributed by atoms with van der Waals surface area (Å²) in [5, 5.41) is 11.6. The summed E-state index contributed by atoms with van der Waals surface area (Å²) in [4.78, 5) is 12.1. The van der Waals surface area contributed by atoms with Gasteiger partial charge in [0.1, 0.15) is 24.2 Å². The number of carbonyl (C=O) groups is 1. The zero-order valence-electron chi connectivity index (χ0n) is 15.0. The summed E-state index contributed by atoms with van der Waals surface area (Å²) in [6.45, 7) is 2.84. The molecular formula is C19H24ClNO5. The minimum absolute atomic E-state index is 0.112. The van der Waals surface area contributed by atoms with Gasteiger partial charge in [0, 0.05) is 19.0 Å². The van der Waals surface area contributed by atoms with Crippen molar-refractivity contribution in [2.24, 2.45) is 7.05 Å². The molecule has 2 atom stereocenters. The molecule has 0 aliphatic carbocycles. The number of nitrogens with zero attached hydrogens (tertiary/aromatic N) is 1. The highest BCUT2D eigenvalue weighted by Crippen LogP contribution is 2.34. The Kier molecular flexibility index (Phi) is 6.06. The van der Waals surface area contributed by atoms with Gasteiger partial charge in [-0.05, 0) is 44.4 Å². The molecule has 2 unspecified atom stereocenters. The Balaban J connectivity index is 1.84. The van der Waals surface area contributed by atoms with Crippen LogP contribution in [0.1, 0.15) is 36.7 Å². The van der Waals surface area contributed by atoms with Crippen LogP contribution < -0.4 is 4.74 Å². The molecule has 0 spiro atoms. The van der Waals surface area contributed by atoms with E-state index in [1.165, 1.54) is 0 Å². The van der Waals surface area contributed by atoms with Crippen molar-refractivity contribution in [3.63, 3.8) is 0 Å². The number of halogens is 1. The molecule has 2 aromatic rings. The monoisotopic (exact) mass is 381 g/mol. The van der Waals surface area contributed by atoms with Gasteiger partial charge in [0.15, 0.2) is 0 Å². The Hall–Kier alpha value is -1.76. The van der Waals surface area contributed by atoms with Crippen LogP contribution in [0.5, 0.6) is 5.75 Å². The Morgan fingerprint density at radius 2 is 2.27 bits per heavy atom. The van der Waals surface area contributed by atoms with Gasteiger partial charge in [0.05, 0.1) is 23.3 Å². The molecule has 0 amide bonds. The lowest BCUT2D eigenvalue weighted by molar-refractivity contribution is -0.0747. The van der Waals surface area contributed by atoms with Crippen molar-refractivity contribution in [1.82, 2.24) is 4.57 Å². The van der Waals surface area contributed by atoms with Crippen LogP contribution in [0.25, 0.3) is 10.9 Å². The largest absolute Gasteiger partial charge is 0.489 e. The van der Waals surface area contributed by atoms with Crippen molar-refractivity contribution >= 4 is 28.5 Å². The van der Waals surface area contributed by atoms with Crippen LogP contribution in [0.15, 0.2) is 18.2 Å². The number of aliphatic hydroxyl groups is 1. The fourth-order valence-corrected chi connectivity index (χ4v) is 3.48. The summed E-state index contributed by atoms with van der Waals surface area (Å²) in [7, 11) is 1.76. The number of esters is 1. The van der Waals surface area contributed by atoms with Crippen LogP contribution in [0.4, 0.5) is 0 Å². The normalized spacial score (nSPS) is 18.7. The Morgan fingerprint density at radius 3 is 2.96 bits per heavy atom. The Labute approximate surface area is 157 Å². The highest BCUT2D eigenvalue weighted by atomic mass is 35.5. The highest BCUT2D eigenvalue weighted by Gasteiger charge is 2.24. The zero-order chi connectivity index (χ0) is 18.7. The van der Waals surface area contributed by atoms with E-state index in [4.69, 9.17) is 25.8 Å². The maximum atomic E-state index is 12.1. The molecule has 7 heteroatoms. The molecule has 3 rings (SSSR count). The number of hydrogen-bond donors (Lipinski definition) is 1. The third kappa shape index (κ3) is 3.82. The number of hydrogen-bond acceptors (Lipinski definition) is 5. The molecule has 0 saturated carbocycles. The van der Waals surface area contributed by atoms with Crippen LogP contribution in [0.3, 0.4) is 0 Å². The van der Waals surface area contributed by atoms with Crippen molar-refractivity contribution in [1.29, 1.82) is 0 Å². The lowest BCUT2D eigenvalue weighted by Crippen LogP contribution is -2.36. The second-order valence-electron chi connectivity index (χ2n) is 6.40. The third-order valence-corrected chi connectivity index (χ3v) is 4.97. The van der Waals surface area contributed by atoms with Gasteiger partial charge in [-0.1, -0.05) is 11.6 Å². The average molecular weight is 382 g/mol. The van der Waals surface area contributed by atoms with Gasteiger partial charge >= 0.3 is 5.97 Å². The molecule has 1 aromatic carbocycles. The fraction of sp³-hybridized carbons (Fsp3) is 0.526. The molecule has 26 heavy (non-hydrogen) atoms. The van der Waals surface area contributed by atoms with Crippen LogP contribution in [0.2, 0.25) is 5.02 Å². The number of aliphatic hydroxyl groups excluding tert-OH is 1. The van der Waals surface area contributed by atoms with E-state index in [9.17, 15) is 9.90 Å². The molecule has 1 N–H and O–H groups in total. The molecule has 142 valence electrons. The summed E-state index contributed by atoms with van der Waals surface area (Å²) in [5.41, 5.74) is 1.09. The number of ether oxygens (including phenoxy) is 3. The molecular weight excluding hydrogens is 358 g/mol. The average Bonchev–Trinajstić information content (AvgIpc) is 3.01. The predicted molar refractivity (Wildman–Crippen MR) is 99.0 cm³/mol. The number of aryl methyl sites for hydroxylation is 1. The molecule has 1 fully saturated rings. The Bertz CT molecular complexity index is 782. The molecule has 1 aliphatic rings. The van der Waals surface area contributed by atoms with E-state index in [1.807, 2.05) is 0 Å². The summed E-state index contributed by atoms with van der Waals surface area (Å²) in [6.07, 6.45) is 2.01.